The molecular formula is C18H13N3O6S. The van der Waals surface area contributed by atoms with Gasteiger partial charge in [0, 0.05) is 17.7 Å². The van der Waals surface area contributed by atoms with Crippen molar-refractivity contribution in [2.75, 3.05) is 7.11 Å². The normalized spacial score (nSPS) is 15.0. The third-order valence-electron chi connectivity index (χ3n) is 3.76. The first-order chi connectivity index (χ1) is 13.4. The van der Waals surface area contributed by atoms with E-state index in [1.54, 1.807) is 24.3 Å². The summed E-state index contributed by atoms with van der Waals surface area (Å²) in [5.41, 5.74) is 2.81. The van der Waals surface area contributed by atoms with Crippen LogP contribution in [0.25, 0.3) is 6.08 Å². The van der Waals surface area contributed by atoms with Gasteiger partial charge in [0.05, 0.1) is 16.9 Å². The third kappa shape index (κ3) is 4.01. The zero-order valence-corrected chi connectivity index (χ0v) is 15.3. The van der Waals surface area contributed by atoms with Gasteiger partial charge >= 0.3 is 5.24 Å². The molecule has 0 aliphatic carbocycles. The number of carbonyl (C=O) groups is 3. The molecule has 0 aromatic heterocycles. The highest BCUT2D eigenvalue weighted by Crippen LogP contribution is 2.31. The Morgan fingerprint density at radius 3 is 2.36 bits per heavy atom. The van der Waals surface area contributed by atoms with Crippen LogP contribution in [-0.4, -0.2) is 34.1 Å². The summed E-state index contributed by atoms with van der Waals surface area (Å²) in [6, 6.07) is 11.7. The predicted octanol–water partition coefficient (Wildman–Crippen LogP) is 2.98. The first-order valence-corrected chi connectivity index (χ1v) is 8.68. The summed E-state index contributed by atoms with van der Waals surface area (Å²) >= 11 is 0.693. The molecular weight excluding hydrogens is 386 g/mol. The van der Waals surface area contributed by atoms with Gasteiger partial charge in [-0.2, -0.15) is 5.01 Å². The number of imide groups is 1. The van der Waals surface area contributed by atoms with E-state index in [0.29, 0.717) is 28.1 Å². The van der Waals surface area contributed by atoms with Crippen LogP contribution in [-0.2, 0) is 4.79 Å². The molecule has 1 saturated heterocycles. The number of nitro benzene ring substituents is 1. The van der Waals surface area contributed by atoms with E-state index in [-0.39, 0.29) is 16.2 Å². The number of nitrogens with zero attached hydrogens (tertiary/aromatic N) is 2. The molecule has 2 aromatic rings. The molecule has 10 heteroatoms. The highest BCUT2D eigenvalue weighted by Gasteiger charge is 2.36. The number of nitrogens with one attached hydrogen (secondary N) is 1. The number of ether oxygens (including phenoxy) is 1. The van der Waals surface area contributed by atoms with Crippen LogP contribution in [0.4, 0.5) is 10.5 Å². The molecule has 2 aromatic carbocycles. The summed E-state index contributed by atoms with van der Waals surface area (Å²) in [5, 5.41) is 10.6. The molecule has 3 rings (SSSR count). The van der Waals surface area contributed by atoms with Gasteiger partial charge in [0.25, 0.3) is 17.5 Å². The third-order valence-corrected chi connectivity index (χ3v) is 4.63. The Morgan fingerprint density at radius 2 is 1.79 bits per heavy atom. The van der Waals surface area contributed by atoms with E-state index < -0.39 is 22.0 Å². The Hall–Kier alpha value is -3.66. The van der Waals surface area contributed by atoms with Crippen LogP contribution in [0.5, 0.6) is 5.75 Å². The Kier molecular flexibility index (Phi) is 5.41. The van der Waals surface area contributed by atoms with E-state index in [4.69, 9.17) is 4.74 Å². The summed E-state index contributed by atoms with van der Waals surface area (Å²) in [6.45, 7) is 0. The number of hydrazine groups is 1. The molecule has 142 valence electrons. The summed E-state index contributed by atoms with van der Waals surface area (Å²) in [6.07, 6.45) is 1.53. The van der Waals surface area contributed by atoms with Gasteiger partial charge in [0.15, 0.2) is 0 Å². The van der Waals surface area contributed by atoms with E-state index in [0.717, 1.165) is 12.1 Å². The van der Waals surface area contributed by atoms with Crippen LogP contribution < -0.4 is 10.2 Å². The number of benzene rings is 2. The second kappa shape index (κ2) is 7.92. The van der Waals surface area contributed by atoms with Crippen LogP contribution in [0.3, 0.4) is 0 Å². The zero-order chi connectivity index (χ0) is 20.3. The van der Waals surface area contributed by atoms with Crippen molar-refractivity contribution < 1.29 is 24.0 Å². The van der Waals surface area contributed by atoms with Crippen molar-refractivity contribution in [3.8, 4) is 5.75 Å². The van der Waals surface area contributed by atoms with Gasteiger partial charge in [0.2, 0.25) is 0 Å². The van der Waals surface area contributed by atoms with Gasteiger partial charge in [-0.1, -0.05) is 12.1 Å². The predicted molar refractivity (Wildman–Crippen MR) is 101 cm³/mol. The molecule has 28 heavy (non-hydrogen) atoms. The fourth-order valence-electron chi connectivity index (χ4n) is 2.32. The molecule has 1 aliphatic heterocycles. The summed E-state index contributed by atoms with van der Waals surface area (Å²) in [5.74, 6) is -0.746. The fourth-order valence-corrected chi connectivity index (χ4v) is 3.10. The van der Waals surface area contributed by atoms with Crippen LogP contribution in [0.2, 0.25) is 0 Å². The number of methoxy groups -OCH3 is 1. The lowest BCUT2D eigenvalue weighted by molar-refractivity contribution is -0.384. The molecule has 0 saturated carbocycles. The van der Waals surface area contributed by atoms with E-state index in [9.17, 15) is 24.5 Å². The molecule has 1 aliphatic rings. The molecule has 0 bridgehead atoms. The molecule has 0 unspecified atom stereocenters. The Bertz CT molecular complexity index is 985. The molecule has 0 radical (unpaired) electrons. The van der Waals surface area contributed by atoms with E-state index in [2.05, 4.69) is 5.43 Å². The van der Waals surface area contributed by atoms with E-state index in [1.165, 1.54) is 25.3 Å². The molecule has 1 fully saturated rings. The smallest absolute Gasteiger partial charge is 0.312 e. The number of non-ortho nitro benzene ring substituents is 1. The highest BCUT2D eigenvalue weighted by atomic mass is 32.2. The minimum Gasteiger partial charge on any atom is -0.497 e. The number of thioether (sulfide) groups is 1. The van der Waals surface area contributed by atoms with Gasteiger partial charge in [0.1, 0.15) is 5.75 Å². The number of hydrogen-bond acceptors (Lipinski definition) is 7. The summed E-state index contributed by atoms with van der Waals surface area (Å²) in [7, 11) is 1.54. The number of hydrogen-bond donors (Lipinski definition) is 1. The van der Waals surface area contributed by atoms with Crippen molar-refractivity contribution in [2.45, 2.75) is 0 Å². The van der Waals surface area contributed by atoms with E-state index >= 15 is 0 Å². The number of nitro groups is 1. The van der Waals surface area contributed by atoms with Crippen molar-refractivity contribution >= 4 is 40.6 Å². The van der Waals surface area contributed by atoms with Crippen molar-refractivity contribution in [1.29, 1.82) is 0 Å². The number of rotatable bonds is 5. The topological polar surface area (TPSA) is 119 Å². The maximum atomic E-state index is 12.4. The molecule has 0 spiro atoms. The first kappa shape index (κ1) is 19.1. The van der Waals surface area contributed by atoms with Gasteiger partial charge in [-0.25, -0.2) is 0 Å². The first-order valence-electron chi connectivity index (χ1n) is 7.86. The van der Waals surface area contributed by atoms with Crippen LogP contribution in [0, 0.1) is 10.1 Å². The van der Waals surface area contributed by atoms with E-state index in [1.807, 2.05) is 0 Å². The van der Waals surface area contributed by atoms with Crippen LogP contribution in [0.15, 0.2) is 53.4 Å². The molecule has 9 nitrogen and oxygen atoms in total. The van der Waals surface area contributed by atoms with Gasteiger partial charge < -0.3 is 4.74 Å². The maximum absolute atomic E-state index is 12.4. The minimum atomic E-state index is -0.733. The van der Waals surface area contributed by atoms with Crippen molar-refractivity contribution in [3.63, 3.8) is 0 Å². The number of amides is 3. The SMILES string of the molecule is COc1ccc(/C=C2\SC(=O)N(NC(=O)c3ccc([N+](=O)[O-])cc3)C2=O)cc1. The van der Waals surface area contributed by atoms with Crippen molar-refractivity contribution in [1.82, 2.24) is 10.4 Å². The Labute approximate surface area is 163 Å². The molecule has 3 amide bonds. The molecule has 0 atom stereocenters. The largest absolute Gasteiger partial charge is 0.497 e. The van der Waals surface area contributed by atoms with Crippen LogP contribution >= 0.6 is 11.8 Å². The lowest BCUT2D eigenvalue weighted by Gasteiger charge is -2.13. The standard InChI is InChI=1S/C18H13N3O6S/c1-27-14-8-2-11(3-9-14)10-15-17(23)20(18(24)28-15)19-16(22)12-4-6-13(7-5-12)21(25)26/h2-10H,1H3,(H,19,22)/b15-10-. The summed E-state index contributed by atoms with van der Waals surface area (Å²) < 4.78 is 5.06. The monoisotopic (exact) mass is 399 g/mol. The zero-order valence-electron chi connectivity index (χ0n) is 14.4. The fraction of sp³-hybridized carbons (Fsp3) is 0.0556. The minimum absolute atomic E-state index is 0.0729. The van der Waals surface area contributed by atoms with Gasteiger partial charge in [-0.3, -0.25) is 29.9 Å². The molecule has 1 heterocycles. The Morgan fingerprint density at radius 1 is 1.14 bits per heavy atom. The van der Waals surface area contributed by atoms with Gasteiger partial charge in [-0.15, -0.1) is 0 Å². The lowest BCUT2D eigenvalue weighted by Crippen LogP contribution is -2.44. The maximum Gasteiger partial charge on any atom is 0.312 e. The second-order valence-corrected chi connectivity index (χ2v) is 6.53. The lowest BCUT2D eigenvalue weighted by atomic mass is 10.2. The quantitative estimate of drug-likeness (QED) is 0.466. The average Bonchev–Trinajstić information content (AvgIpc) is 2.96. The average molecular weight is 399 g/mol. The van der Waals surface area contributed by atoms with Crippen molar-refractivity contribution in [2.24, 2.45) is 0 Å². The van der Waals surface area contributed by atoms with Crippen LogP contribution in [0.1, 0.15) is 15.9 Å². The van der Waals surface area contributed by atoms with Crippen molar-refractivity contribution in [3.05, 3.63) is 74.7 Å². The Balaban J connectivity index is 1.73. The number of carbonyl (C=O) groups excluding carboxylic acids is 3. The van der Waals surface area contributed by atoms with Gasteiger partial charge in [-0.05, 0) is 47.7 Å². The molecule has 1 N–H and O–H groups in total. The second-order valence-electron chi connectivity index (χ2n) is 5.54. The summed E-state index contributed by atoms with van der Waals surface area (Å²) in [4.78, 5) is 47.0. The highest BCUT2D eigenvalue weighted by molar-refractivity contribution is 8.18.